The average Bonchev–Trinajstić information content (AvgIpc) is 2.89. The van der Waals surface area contributed by atoms with Crippen LogP contribution in [0.25, 0.3) is 0 Å². The molecular formula is C17H25FN2O. The van der Waals surface area contributed by atoms with Gasteiger partial charge in [0.1, 0.15) is 6.10 Å². The van der Waals surface area contributed by atoms with Crippen LogP contribution in [-0.4, -0.2) is 36.8 Å². The lowest BCUT2D eigenvalue weighted by Crippen LogP contribution is -2.26. The predicted molar refractivity (Wildman–Crippen MR) is 85.0 cm³/mol. The summed E-state index contributed by atoms with van der Waals surface area (Å²) < 4.78 is 18.0. The number of halogens is 1. The lowest BCUT2D eigenvalue weighted by molar-refractivity contribution is 0.212. The Morgan fingerprint density at radius 2 is 2.19 bits per heavy atom. The Morgan fingerprint density at radius 1 is 1.33 bits per heavy atom. The molecule has 4 heteroatoms. The van der Waals surface area contributed by atoms with Gasteiger partial charge in [-0.25, -0.2) is 0 Å². The van der Waals surface area contributed by atoms with Crippen LogP contribution >= 0.6 is 0 Å². The molecule has 2 rings (SSSR count). The molecule has 0 aromatic heterocycles. The van der Waals surface area contributed by atoms with Gasteiger partial charge >= 0.3 is 0 Å². The Labute approximate surface area is 126 Å². The SMILES string of the molecule is CC=C1C=CC=CCN2CC(CCCCCCF)OC2=N1. The summed E-state index contributed by atoms with van der Waals surface area (Å²) in [6, 6.07) is 0.730. The number of aliphatic imine (C=N–C) groups is 1. The highest BCUT2D eigenvalue weighted by atomic mass is 19.1. The quantitative estimate of drug-likeness (QED) is 0.691. The topological polar surface area (TPSA) is 24.8 Å². The third-order valence-electron chi connectivity index (χ3n) is 3.74. The molecule has 2 aliphatic heterocycles. The number of alkyl halides is 1. The summed E-state index contributed by atoms with van der Waals surface area (Å²) in [7, 11) is 0. The maximum Gasteiger partial charge on any atom is 0.293 e. The molecule has 0 N–H and O–H groups in total. The van der Waals surface area contributed by atoms with E-state index >= 15 is 0 Å². The number of hydrogen-bond acceptors (Lipinski definition) is 3. The molecular weight excluding hydrogens is 267 g/mol. The minimum atomic E-state index is -0.198. The first-order valence-corrected chi connectivity index (χ1v) is 7.89. The van der Waals surface area contributed by atoms with Crippen LogP contribution in [-0.2, 0) is 4.74 Å². The van der Waals surface area contributed by atoms with E-state index in [1.807, 2.05) is 31.2 Å². The van der Waals surface area contributed by atoms with Gasteiger partial charge < -0.3 is 9.64 Å². The fourth-order valence-electron chi connectivity index (χ4n) is 2.53. The van der Waals surface area contributed by atoms with E-state index in [-0.39, 0.29) is 12.8 Å². The van der Waals surface area contributed by atoms with Gasteiger partial charge in [0.2, 0.25) is 0 Å². The van der Waals surface area contributed by atoms with Crippen LogP contribution < -0.4 is 0 Å². The van der Waals surface area contributed by atoms with Crippen LogP contribution in [0.4, 0.5) is 4.39 Å². The highest BCUT2D eigenvalue weighted by molar-refractivity contribution is 5.77. The Balaban J connectivity index is 1.88. The van der Waals surface area contributed by atoms with Crippen molar-refractivity contribution in [2.45, 2.75) is 45.1 Å². The van der Waals surface area contributed by atoms with E-state index in [4.69, 9.17) is 4.74 Å². The number of rotatable bonds is 6. The third-order valence-corrected chi connectivity index (χ3v) is 3.74. The second kappa shape index (κ2) is 8.65. The van der Waals surface area contributed by atoms with Crippen LogP contribution in [0, 0.1) is 0 Å². The highest BCUT2D eigenvalue weighted by Gasteiger charge is 2.28. The molecule has 0 spiro atoms. The van der Waals surface area contributed by atoms with Crippen LogP contribution in [0.1, 0.15) is 39.0 Å². The summed E-state index contributed by atoms with van der Waals surface area (Å²) in [6.45, 7) is 3.51. The predicted octanol–water partition coefficient (Wildman–Crippen LogP) is 3.99. The maximum atomic E-state index is 12.0. The fourth-order valence-corrected chi connectivity index (χ4v) is 2.53. The van der Waals surface area contributed by atoms with E-state index in [9.17, 15) is 4.39 Å². The van der Waals surface area contributed by atoms with Crippen molar-refractivity contribution in [2.24, 2.45) is 4.99 Å². The number of unbranched alkanes of at least 4 members (excludes halogenated alkanes) is 3. The van der Waals surface area contributed by atoms with E-state index < -0.39 is 0 Å². The van der Waals surface area contributed by atoms with Gasteiger partial charge in [0, 0.05) is 6.54 Å². The molecule has 1 fully saturated rings. The Kier molecular flexibility index (Phi) is 6.51. The molecule has 0 bridgehead atoms. The van der Waals surface area contributed by atoms with Crippen LogP contribution in [0.3, 0.4) is 0 Å². The molecule has 1 unspecified atom stereocenters. The van der Waals surface area contributed by atoms with Crippen molar-refractivity contribution in [1.29, 1.82) is 0 Å². The number of hydrogen-bond donors (Lipinski definition) is 0. The van der Waals surface area contributed by atoms with E-state index in [0.717, 1.165) is 50.5 Å². The molecule has 1 saturated heterocycles. The van der Waals surface area contributed by atoms with Gasteiger partial charge in [-0.1, -0.05) is 37.1 Å². The average molecular weight is 292 g/mol. The zero-order valence-electron chi connectivity index (χ0n) is 12.8. The van der Waals surface area contributed by atoms with Crippen molar-refractivity contribution in [3.63, 3.8) is 0 Å². The minimum Gasteiger partial charge on any atom is -0.460 e. The van der Waals surface area contributed by atoms with Gasteiger partial charge in [-0.2, -0.15) is 4.99 Å². The van der Waals surface area contributed by atoms with E-state index in [2.05, 4.69) is 16.0 Å². The van der Waals surface area contributed by atoms with Gasteiger partial charge in [0.25, 0.3) is 6.02 Å². The second-order valence-corrected chi connectivity index (χ2v) is 5.43. The molecule has 3 nitrogen and oxygen atoms in total. The summed E-state index contributed by atoms with van der Waals surface area (Å²) in [4.78, 5) is 6.77. The zero-order chi connectivity index (χ0) is 14.9. The van der Waals surface area contributed by atoms with Gasteiger partial charge in [-0.3, -0.25) is 4.39 Å². The molecule has 0 aromatic carbocycles. The maximum absolute atomic E-state index is 12.0. The number of amidine groups is 1. The van der Waals surface area contributed by atoms with Crippen LogP contribution in [0.2, 0.25) is 0 Å². The highest BCUT2D eigenvalue weighted by Crippen LogP contribution is 2.19. The smallest absolute Gasteiger partial charge is 0.293 e. The lowest BCUT2D eigenvalue weighted by atomic mass is 10.1. The standard InChI is InChI=1S/C17H25FN2O/c1-2-15-10-6-5-9-13-20-14-16(21-17(20)19-15)11-7-3-4-8-12-18/h2,5-6,9-10,16H,3-4,7-8,11-14H2,1H3. The Morgan fingerprint density at radius 3 is 3.00 bits per heavy atom. The van der Waals surface area contributed by atoms with Gasteiger partial charge in [0.15, 0.2) is 0 Å². The van der Waals surface area contributed by atoms with Crippen molar-refractivity contribution in [3.8, 4) is 0 Å². The second-order valence-electron chi connectivity index (χ2n) is 5.43. The lowest BCUT2D eigenvalue weighted by Gasteiger charge is -2.12. The third kappa shape index (κ3) is 5.03. The molecule has 116 valence electrons. The molecule has 2 heterocycles. The summed E-state index contributed by atoms with van der Waals surface area (Å²) in [6.07, 6.45) is 15.2. The van der Waals surface area contributed by atoms with E-state index in [1.54, 1.807) is 0 Å². The largest absolute Gasteiger partial charge is 0.460 e. The van der Waals surface area contributed by atoms with Crippen molar-refractivity contribution < 1.29 is 9.13 Å². The minimum absolute atomic E-state index is 0.198. The van der Waals surface area contributed by atoms with Crippen molar-refractivity contribution >= 4 is 6.02 Å². The summed E-state index contributed by atoms with van der Waals surface area (Å²) >= 11 is 0. The zero-order valence-corrected chi connectivity index (χ0v) is 12.8. The molecule has 1 atom stereocenters. The Hall–Kier alpha value is -1.58. The molecule has 0 radical (unpaired) electrons. The number of fused-ring (bicyclic) bond motifs is 1. The van der Waals surface area contributed by atoms with Crippen molar-refractivity contribution in [1.82, 2.24) is 4.90 Å². The van der Waals surface area contributed by atoms with E-state index in [0.29, 0.717) is 6.42 Å². The molecule has 0 saturated carbocycles. The van der Waals surface area contributed by atoms with Crippen LogP contribution in [0.5, 0.6) is 0 Å². The van der Waals surface area contributed by atoms with Crippen molar-refractivity contribution in [3.05, 3.63) is 36.1 Å². The number of ether oxygens (including phenoxy) is 1. The van der Waals surface area contributed by atoms with Crippen LogP contribution in [0.15, 0.2) is 41.1 Å². The molecule has 0 aliphatic carbocycles. The first-order chi connectivity index (χ1) is 10.3. The summed E-state index contributed by atoms with van der Waals surface area (Å²) in [5.74, 6) is 0. The summed E-state index contributed by atoms with van der Waals surface area (Å²) in [5.41, 5.74) is 0.921. The molecule has 21 heavy (non-hydrogen) atoms. The summed E-state index contributed by atoms with van der Waals surface area (Å²) in [5, 5.41) is 0. The Bertz CT molecular complexity index is 440. The monoisotopic (exact) mass is 292 g/mol. The number of allylic oxidation sites excluding steroid dienone is 4. The first kappa shape index (κ1) is 15.8. The van der Waals surface area contributed by atoms with Gasteiger partial charge in [0.05, 0.1) is 18.9 Å². The fraction of sp³-hybridized carbons (Fsp3) is 0.588. The van der Waals surface area contributed by atoms with Crippen molar-refractivity contribution in [2.75, 3.05) is 19.8 Å². The van der Waals surface area contributed by atoms with Gasteiger partial charge in [-0.15, -0.1) is 0 Å². The van der Waals surface area contributed by atoms with E-state index in [1.165, 1.54) is 0 Å². The first-order valence-electron chi connectivity index (χ1n) is 7.89. The normalized spacial score (nSPS) is 23.3. The molecule has 0 aromatic rings. The van der Waals surface area contributed by atoms with Gasteiger partial charge in [-0.05, 0) is 32.3 Å². The molecule has 2 aliphatic rings. The molecule has 0 amide bonds. The number of nitrogens with zero attached hydrogens (tertiary/aromatic N) is 2.